The summed E-state index contributed by atoms with van der Waals surface area (Å²) in [5.74, 6) is 2.11. The number of ether oxygens (including phenoxy) is 3. The van der Waals surface area contributed by atoms with E-state index in [1.165, 1.54) is 6.33 Å². The second-order valence-electron chi connectivity index (χ2n) is 8.11. The van der Waals surface area contributed by atoms with Gasteiger partial charge in [0.25, 0.3) is 0 Å². The van der Waals surface area contributed by atoms with E-state index in [0.29, 0.717) is 51.7 Å². The van der Waals surface area contributed by atoms with Crippen LogP contribution in [0.1, 0.15) is 35.9 Å². The van der Waals surface area contributed by atoms with E-state index in [2.05, 4.69) is 15.4 Å². The van der Waals surface area contributed by atoms with Crippen LogP contribution in [0, 0.1) is 0 Å². The Morgan fingerprint density at radius 1 is 0.971 bits per heavy atom. The Morgan fingerprint density at radius 2 is 1.71 bits per heavy atom. The summed E-state index contributed by atoms with van der Waals surface area (Å²) >= 11 is 12.4. The van der Waals surface area contributed by atoms with Crippen LogP contribution in [0.25, 0.3) is 0 Å². The maximum Gasteiger partial charge on any atom is 0.226 e. The standard InChI is InChI=1S/C24H22Cl2N4O4/c1-32-19-9-14(10-20(33-2)23(19)34-3)13-7-17-21(18(31)8-13)22(30-24(29-17)27-11-28-30)12-4-5-15(25)16(26)6-12/h4-6,9-11,13,22H,7-8H2,1-3H3,(H,27,28,29)/t13-,22+/m0/s1. The minimum absolute atomic E-state index is 0.0183. The number of nitrogens with zero attached hydrogens (tertiary/aromatic N) is 3. The molecule has 0 bridgehead atoms. The van der Waals surface area contributed by atoms with Crippen molar-refractivity contribution in [2.24, 2.45) is 0 Å². The molecule has 1 N–H and O–H groups in total. The molecule has 1 aromatic heterocycles. The summed E-state index contributed by atoms with van der Waals surface area (Å²) in [6, 6.07) is 8.70. The number of hydrogen-bond acceptors (Lipinski definition) is 7. The number of carbonyl (C=O) groups excluding carboxylic acids is 1. The Labute approximate surface area is 206 Å². The van der Waals surface area contributed by atoms with Crippen molar-refractivity contribution < 1.29 is 19.0 Å². The van der Waals surface area contributed by atoms with Crippen LogP contribution >= 0.6 is 23.2 Å². The molecule has 2 aromatic carbocycles. The summed E-state index contributed by atoms with van der Waals surface area (Å²) in [5, 5.41) is 8.55. The molecular weight excluding hydrogens is 479 g/mol. The highest BCUT2D eigenvalue weighted by atomic mass is 35.5. The van der Waals surface area contributed by atoms with Gasteiger partial charge in [-0.2, -0.15) is 10.1 Å². The van der Waals surface area contributed by atoms with Crippen molar-refractivity contribution >= 4 is 34.9 Å². The fourth-order valence-corrected chi connectivity index (χ4v) is 5.02. The van der Waals surface area contributed by atoms with Crippen molar-refractivity contribution in [3.05, 3.63) is 69.1 Å². The highest BCUT2D eigenvalue weighted by Gasteiger charge is 2.39. The average molecular weight is 501 g/mol. The van der Waals surface area contributed by atoms with Gasteiger partial charge in [0.2, 0.25) is 11.7 Å². The molecule has 5 rings (SSSR count). The van der Waals surface area contributed by atoms with E-state index in [0.717, 1.165) is 16.8 Å². The van der Waals surface area contributed by atoms with Crippen molar-refractivity contribution in [3.8, 4) is 17.2 Å². The fourth-order valence-electron chi connectivity index (χ4n) is 4.72. The monoisotopic (exact) mass is 500 g/mol. The average Bonchev–Trinajstić information content (AvgIpc) is 3.31. The quantitative estimate of drug-likeness (QED) is 0.525. The number of anilines is 1. The number of rotatable bonds is 5. The zero-order valence-corrected chi connectivity index (χ0v) is 20.3. The number of methoxy groups -OCH3 is 3. The Kier molecular flexibility index (Phi) is 5.87. The number of benzene rings is 2. The molecule has 0 amide bonds. The molecule has 2 heterocycles. The third-order valence-electron chi connectivity index (χ3n) is 6.28. The lowest BCUT2D eigenvalue weighted by Crippen LogP contribution is -2.33. The van der Waals surface area contributed by atoms with Crippen LogP contribution in [-0.2, 0) is 4.79 Å². The Hall–Kier alpha value is -3.23. The first kappa shape index (κ1) is 22.6. The van der Waals surface area contributed by atoms with E-state index in [-0.39, 0.29) is 11.7 Å². The lowest BCUT2D eigenvalue weighted by atomic mass is 9.77. The van der Waals surface area contributed by atoms with Gasteiger partial charge in [-0.1, -0.05) is 29.3 Å². The van der Waals surface area contributed by atoms with Crippen molar-refractivity contribution in [1.29, 1.82) is 0 Å². The van der Waals surface area contributed by atoms with Crippen molar-refractivity contribution in [1.82, 2.24) is 14.8 Å². The third-order valence-corrected chi connectivity index (χ3v) is 7.02. The molecule has 0 saturated heterocycles. The first-order valence-corrected chi connectivity index (χ1v) is 11.4. The molecular formula is C24H22Cl2N4O4. The number of hydrogen-bond donors (Lipinski definition) is 1. The smallest absolute Gasteiger partial charge is 0.226 e. The van der Waals surface area contributed by atoms with Gasteiger partial charge in [0.05, 0.1) is 31.4 Å². The summed E-state index contributed by atoms with van der Waals surface area (Å²) in [4.78, 5) is 17.9. The van der Waals surface area contributed by atoms with Gasteiger partial charge in [0.1, 0.15) is 12.4 Å². The van der Waals surface area contributed by atoms with Crippen LogP contribution in [0.2, 0.25) is 10.0 Å². The molecule has 0 unspecified atom stereocenters. The van der Waals surface area contributed by atoms with Gasteiger partial charge in [-0.05, 0) is 47.7 Å². The molecule has 8 nitrogen and oxygen atoms in total. The SMILES string of the molecule is COc1cc([C@@H]2CC(=O)C3=C(C2)Nc2ncnn2[C@@H]3c2ccc(Cl)c(Cl)c2)cc(OC)c1OC. The van der Waals surface area contributed by atoms with E-state index >= 15 is 0 Å². The molecule has 176 valence electrons. The van der Waals surface area contributed by atoms with E-state index < -0.39 is 6.04 Å². The molecule has 0 saturated carbocycles. The number of fused-ring (bicyclic) bond motifs is 1. The molecule has 2 atom stereocenters. The number of halogens is 2. The molecule has 2 aliphatic rings. The Balaban J connectivity index is 1.58. The maximum atomic E-state index is 13.6. The van der Waals surface area contributed by atoms with Crippen LogP contribution < -0.4 is 19.5 Å². The third kappa shape index (κ3) is 3.67. The zero-order valence-electron chi connectivity index (χ0n) is 18.8. The minimum atomic E-state index is -0.447. The van der Waals surface area contributed by atoms with Gasteiger partial charge in [0, 0.05) is 17.7 Å². The predicted octanol–water partition coefficient (Wildman–Crippen LogP) is 5.03. The summed E-state index contributed by atoms with van der Waals surface area (Å²) in [6.45, 7) is 0. The van der Waals surface area contributed by atoms with Gasteiger partial charge >= 0.3 is 0 Å². The van der Waals surface area contributed by atoms with Crippen LogP contribution in [0.15, 0.2) is 47.9 Å². The van der Waals surface area contributed by atoms with Gasteiger partial charge in [-0.15, -0.1) is 0 Å². The predicted molar refractivity (Wildman–Crippen MR) is 128 cm³/mol. The van der Waals surface area contributed by atoms with Crippen molar-refractivity contribution in [2.75, 3.05) is 26.6 Å². The maximum absolute atomic E-state index is 13.6. The Morgan fingerprint density at radius 3 is 2.35 bits per heavy atom. The number of carbonyl (C=O) groups is 1. The highest BCUT2D eigenvalue weighted by molar-refractivity contribution is 6.42. The highest BCUT2D eigenvalue weighted by Crippen LogP contribution is 2.47. The van der Waals surface area contributed by atoms with Gasteiger partial charge in [0.15, 0.2) is 17.3 Å². The summed E-state index contributed by atoms with van der Waals surface area (Å²) in [5.41, 5.74) is 3.20. The van der Waals surface area contributed by atoms with Crippen molar-refractivity contribution in [3.63, 3.8) is 0 Å². The van der Waals surface area contributed by atoms with Crippen LogP contribution in [0.4, 0.5) is 5.95 Å². The zero-order chi connectivity index (χ0) is 24.0. The normalized spacial score (nSPS) is 19.3. The molecule has 0 fully saturated rings. The molecule has 0 radical (unpaired) electrons. The lowest BCUT2D eigenvalue weighted by molar-refractivity contribution is -0.116. The van der Waals surface area contributed by atoms with Crippen molar-refractivity contribution in [2.45, 2.75) is 24.8 Å². The molecule has 3 aromatic rings. The molecule has 0 spiro atoms. The number of nitrogens with one attached hydrogen (secondary N) is 1. The van der Waals surface area contributed by atoms with Crippen LogP contribution in [0.3, 0.4) is 0 Å². The molecule has 1 aliphatic heterocycles. The number of allylic oxidation sites excluding steroid dienone is 2. The van der Waals surface area contributed by atoms with E-state index in [9.17, 15) is 4.79 Å². The number of Topliss-reactive ketones (excluding diaryl/α,β-unsaturated/α-hetero) is 1. The summed E-state index contributed by atoms with van der Waals surface area (Å²) in [6.07, 6.45) is 2.39. The molecule has 1 aliphatic carbocycles. The van der Waals surface area contributed by atoms with Crippen LogP contribution in [-0.4, -0.2) is 41.9 Å². The van der Waals surface area contributed by atoms with Gasteiger partial charge in [-0.25, -0.2) is 4.68 Å². The fraction of sp³-hybridized carbons (Fsp3) is 0.292. The first-order chi connectivity index (χ1) is 16.4. The minimum Gasteiger partial charge on any atom is -0.493 e. The van der Waals surface area contributed by atoms with E-state index in [1.54, 1.807) is 38.1 Å². The summed E-state index contributed by atoms with van der Waals surface area (Å²) < 4.78 is 18.2. The number of aromatic nitrogens is 3. The second kappa shape index (κ2) is 8.85. The van der Waals surface area contributed by atoms with Gasteiger partial charge < -0.3 is 19.5 Å². The van der Waals surface area contributed by atoms with Gasteiger partial charge in [-0.3, -0.25) is 4.79 Å². The summed E-state index contributed by atoms with van der Waals surface area (Å²) in [7, 11) is 4.71. The molecule has 34 heavy (non-hydrogen) atoms. The topological polar surface area (TPSA) is 87.5 Å². The van der Waals surface area contributed by atoms with E-state index in [1.807, 2.05) is 18.2 Å². The number of ketones is 1. The lowest BCUT2D eigenvalue weighted by Gasteiger charge is -2.35. The van der Waals surface area contributed by atoms with E-state index in [4.69, 9.17) is 37.4 Å². The molecule has 10 heteroatoms. The second-order valence-corrected chi connectivity index (χ2v) is 8.92. The van der Waals surface area contributed by atoms with Crippen LogP contribution in [0.5, 0.6) is 17.2 Å². The largest absolute Gasteiger partial charge is 0.493 e. The first-order valence-electron chi connectivity index (χ1n) is 10.6. The Bertz CT molecular complexity index is 1300.